The first-order valence-electron chi connectivity index (χ1n) is 11.0. The molecular formula is C23H30N4O4. The summed E-state index contributed by atoms with van der Waals surface area (Å²) in [6.07, 6.45) is 3.77. The molecule has 0 saturated heterocycles. The smallest absolute Gasteiger partial charge is 0.243 e. The van der Waals surface area contributed by atoms with E-state index in [1.807, 2.05) is 25.1 Å². The fraction of sp³-hybridized carbons (Fsp3) is 0.522. The molecule has 0 fully saturated rings. The third-order valence-corrected chi connectivity index (χ3v) is 6.39. The van der Waals surface area contributed by atoms with Crippen LogP contribution in [-0.4, -0.2) is 40.4 Å². The van der Waals surface area contributed by atoms with E-state index < -0.39 is 18.3 Å². The van der Waals surface area contributed by atoms with Gasteiger partial charge in [-0.25, -0.2) is 0 Å². The van der Waals surface area contributed by atoms with E-state index in [1.165, 1.54) is 6.20 Å². The minimum Gasteiger partial charge on any atom is -0.371 e. The molecule has 4 atom stereocenters. The van der Waals surface area contributed by atoms with Crippen molar-refractivity contribution < 1.29 is 19.2 Å². The number of benzene rings is 1. The largest absolute Gasteiger partial charge is 0.371 e. The number of aryl methyl sites for hydroxylation is 1. The number of aliphatic hydroxyl groups excluding tert-OH is 1. The van der Waals surface area contributed by atoms with Crippen molar-refractivity contribution in [2.24, 2.45) is 5.92 Å². The molecule has 2 aliphatic heterocycles. The molecule has 0 bridgehead atoms. The van der Waals surface area contributed by atoms with Gasteiger partial charge in [0.25, 0.3) is 0 Å². The third-order valence-electron chi connectivity index (χ3n) is 6.39. The SMILES string of the molecule is CCC(C)CC(=O)NC1CCc2cccc3c2N(C(C(=O)NCc2ccno2)C3)C1O. The molecule has 8 nitrogen and oxygen atoms in total. The Kier molecular flexibility index (Phi) is 6.27. The van der Waals surface area contributed by atoms with Crippen LogP contribution < -0.4 is 15.5 Å². The zero-order valence-electron chi connectivity index (χ0n) is 18.0. The summed E-state index contributed by atoms with van der Waals surface area (Å²) in [7, 11) is 0. The van der Waals surface area contributed by atoms with Gasteiger partial charge in [0.2, 0.25) is 11.8 Å². The molecule has 4 unspecified atom stereocenters. The highest BCUT2D eigenvalue weighted by Crippen LogP contribution is 2.40. The molecule has 3 N–H and O–H groups in total. The van der Waals surface area contributed by atoms with E-state index in [1.54, 1.807) is 11.0 Å². The zero-order valence-corrected chi connectivity index (χ0v) is 18.0. The molecule has 0 spiro atoms. The van der Waals surface area contributed by atoms with Crippen LogP contribution in [0.2, 0.25) is 0 Å². The Morgan fingerprint density at radius 2 is 2.13 bits per heavy atom. The van der Waals surface area contributed by atoms with E-state index in [4.69, 9.17) is 4.52 Å². The van der Waals surface area contributed by atoms with Gasteiger partial charge in [-0.1, -0.05) is 43.6 Å². The number of hydrogen-bond acceptors (Lipinski definition) is 6. The normalized spacial score (nSPS) is 23.1. The average molecular weight is 427 g/mol. The maximum atomic E-state index is 13.1. The Labute approximate surface area is 182 Å². The number of aliphatic hydroxyl groups is 1. The summed E-state index contributed by atoms with van der Waals surface area (Å²) in [5, 5.41) is 20.9. The van der Waals surface area contributed by atoms with Crippen LogP contribution in [0.4, 0.5) is 5.69 Å². The Bertz CT molecular complexity index is 930. The minimum absolute atomic E-state index is 0.0601. The topological polar surface area (TPSA) is 108 Å². The molecule has 2 amide bonds. The second-order valence-corrected chi connectivity index (χ2v) is 8.59. The molecule has 2 aliphatic rings. The van der Waals surface area contributed by atoms with Crippen molar-refractivity contribution in [1.82, 2.24) is 15.8 Å². The standard InChI is InChI=1S/C23H30N4O4/c1-3-14(2)11-20(28)26-18-8-7-15-5-4-6-16-12-19(27(21(15)16)23(18)30)22(29)24-13-17-9-10-25-31-17/h4-6,9-10,14,18-19,23,30H,3,7-8,11-13H2,1-2H3,(H,24,29)(H,26,28). The van der Waals surface area contributed by atoms with Gasteiger partial charge in [0.05, 0.1) is 18.8 Å². The van der Waals surface area contributed by atoms with Gasteiger partial charge in [-0.2, -0.15) is 0 Å². The Hall–Kier alpha value is -2.87. The molecule has 0 radical (unpaired) electrons. The molecule has 166 valence electrons. The van der Waals surface area contributed by atoms with E-state index in [2.05, 4.69) is 22.7 Å². The second-order valence-electron chi connectivity index (χ2n) is 8.59. The van der Waals surface area contributed by atoms with Crippen molar-refractivity contribution in [2.45, 2.75) is 70.8 Å². The molecule has 1 aromatic carbocycles. The van der Waals surface area contributed by atoms with Crippen molar-refractivity contribution in [3.05, 3.63) is 47.3 Å². The minimum atomic E-state index is -0.980. The summed E-state index contributed by atoms with van der Waals surface area (Å²) >= 11 is 0. The van der Waals surface area contributed by atoms with Crippen LogP contribution in [0, 0.1) is 5.92 Å². The highest BCUT2D eigenvalue weighted by atomic mass is 16.5. The van der Waals surface area contributed by atoms with Gasteiger partial charge >= 0.3 is 0 Å². The van der Waals surface area contributed by atoms with Crippen molar-refractivity contribution in [2.75, 3.05) is 4.90 Å². The molecule has 0 saturated carbocycles. The molecule has 2 aromatic rings. The van der Waals surface area contributed by atoms with E-state index >= 15 is 0 Å². The summed E-state index contributed by atoms with van der Waals surface area (Å²) in [5.74, 6) is 0.601. The van der Waals surface area contributed by atoms with Crippen LogP contribution in [0.5, 0.6) is 0 Å². The van der Waals surface area contributed by atoms with Crippen LogP contribution in [0.15, 0.2) is 35.0 Å². The third kappa shape index (κ3) is 4.44. The molecule has 31 heavy (non-hydrogen) atoms. The Balaban J connectivity index is 1.54. The lowest BCUT2D eigenvalue weighted by Crippen LogP contribution is -2.57. The number of nitrogens with one attached hydrogen (secondary N) is 2. The molecule has 4 rings (SSSR count). The Morgan fingerprint density at radius 1 is 1.32 bits per heavy atom. The summed E-state index contributed by atoms with van der Waals surface area (Å²) < 4.78 is 5.06. The first kappa shape index (κ1) is 21.4. The van der Waals surface area contributed by atoms with E-state index in [9.17, 15) is 14.7 Å². The lowest BCUT2D eigenvalue weighted by molar-refractivity contribution is -0.123. The highest BCUT2D eigenvalue weighted by molar-refractivity contribution is 5.89. The molecular weight excluding hydrogens is 396 g/mol. The predicted octanol–water partition coefficient (Wildman–Crippen LogP) is 1.91. The number of aromatic nitrogens is 1. The number of hydrogen-bond donors (Lipinski definition) is 3. The predicted molar refractivity (Wildman–Crippen MR) is 115 cm³/mol. The monoisotopic (exact) mass is 426 g/mol. The number of anilines is 1. The number of carbonyl (C=O) groups excluding carboxylic acids is 2. The lowest BCUT2D eigenvalue weighted by atomic mass is 10.0. The van der Waals surface area contributed by atoms with E-state index in [0.717, 1.165) is 29.7 Å². The van der Waals surface area contributed by atoms with E-state index in [-0.39, 0.29) is 24.3 Å². The Morgan fingerprint density at radius 3 is 2.87 bits per heavy atom. The van der Waals surface area contributed by atoms with Crippen molar-refractivity contribution >= 4 is 17.5 Å². The van der Waals surface area contributed by atoms with Gasteiger partial charge in [0.1, 0.15) is 12.3 Å². The first-order chi connectivity index (χ1) is 15.0. The van der Waals surface area contributed by atoms with Gasteiger partial charge < -0.3 is 25.2 Å². The second kappa shape index (κ2) is 9.09. The molecule has 1 aromatic heterocycles. The first-order valence-corrected chi connectivity index (χ1v) is 11.0. The van der Waals surface area contributed by atoms with Crippen molar-refractivity contribution in [1.29, 1.82) is 0 Å². The van der Waals surface area contributed by atoms with Crippen molar-refractivity contribution in [3.8, 4) is 0 Å². The lowest BCUT2D eigenvalue weighted by Gasteiger charge is -2.35. The average Bonchev–Trinajstić information content (AvgIpc) is 3.39. The number of para-hydroxylation sites is 1. The molecule has 0 aliphatic carbocycles. The fourth-order valence-electron chi connectivity index (χ4n) is 4.49. The zero-order chi connectivity index (χ0) is 22.0. The number of rotatable bonds is 7. The van der Waals surface area contributed by atoms with Crippen LogP contribution in [0.25, 0.3) is 0 Å². The molecule has 3 heterocycles. The van der Waals surface area contributed by atoms with Crippen LogP contribution >= 0.6 is 0 Å². The summed E-state index contributed by atoms with van der Waals surface area (Å²) in [6, 6.07) is 6.74. The summed E-state index contributed by atoms with van der Waals surface area (Å²) in [5.41, 5.74) is 3.07. The highest BCUT2D eigenvalue weighted by Gasteiger charge is 2.43. The molecule has 8 heteroatoms. The number of nitrogens with zero attached hydrogens (tertiary/aromatic N) is 2. The van der Waals surface area contributed by atoms with Crippen LogP contribution in [-0.2, 0) is 29.0 Å². The quantitative estimate of drug-likeness (QED) is 0.624. The van der Waals surface area contributed by atoms with Gasteiger partial charge in [-0.3, -0.25) is 9.59 Å². The maximum absolute atomic E-state index is 13.1. The number of carbonyl (C=O) groups is 2. The number of amides is 2. The van der Waals surface area contributed by atoms with Crippen LogP contribution in [0.3, 0.4) is 0 Å². The fourth-order valence-corrected chi connectivity index (χ4v) is 4.49. The summed E-state index contributed by atoms with van der Waals surface area (Å²) in [4.78, 5) is 27.4. The van der Waals surface area contributed by atoms with Gasteiger partial charge in [-0.15, -0.1) is 0 Å². The van der Waals surface area contributed by atoms with E-state index in [0.29, 0.717) is 25.0 Å². The van der Waals surface area contributed by atoms with Crippen LogP contribution in [0.1, 0.15) is 50.0 Å². The van der Waals surface area contributed by atoms with Gasteiger partial charge in [0, 0.05) is 24.6 Å². The van der Waals surface area contributed by atoms with Gasteiger partial charge in [0.15, 0.2) is 5.76 Å². The van der Waals surface area contributed by atoms with Crippen molar-refractivity contribution in [3.63, 3.8) is 0 Å². The summed E-state index contributed by atoms with van der Waals surface area (Å²) in [6.45, 7) is 4.33. The van der Waals surface area contributed by atoms with Gasteiger partial charge in [-0.05, 0) is 29.9 Å². The maximum Gasteiger partial charge on any atom is 0.243 e.